The van der Waals surface area contributed by atoms with E-state index in [9.17, 15) is 4.79 Å². The monoisotopic (exact) mass is 268 g/mol. The normalized spacial score (nSPS) is 32.3. The van der Waals surface area contributed by atoms with Crippen molar-refractivity contribution in [1.29, 1.82) is 0 Å². The zero-order valence-electron chi connectivity index (χ0n) is 12.1. The number of likely N-dealkylation sites (tertiary alicyclic amines) is 1. The molecule has 2 rings (SSSR count). The second kappa shape index (κ2) is 7.25. The van der Waals surface area contributed by atoms with E-state index in [4.69, 9.17) is 10.5 Å². The minimum absolute atomic E-state index is 0.133. The summed E-state index contributed by atoms with van der Waals surface area (Å²) in [5.41, 5.74) is 5.75. The Morgan fingerprint density at radius 1 is 1.26 bits per heavy atom. The average molecular weight is 268 g/mol. The van der Waals surface area contributed by atoms with Crippen LogP contribution in [0.5, 0.6) is 0 Å². The second-order valence-corrected chi connectivity index (χ2v) is 6.18. The van der Waals surface area contributed by atoms with Crippen LogP contribution in [-0.4, -0.2) is 42.6 Å². The van der Waals surface area contributed by atoms with Gasteiger partial charge in [-0.05, 0) is 38.0 Å². The molecule has 1 amide bonds. The van der Waals surface area contributed by atoms with Gasteiger partial charge in [0.15, 0.2) is 0 Å². The van der Waals surface area contributed by atoms with Gasteiger partial charge in [0, 0.05) is 19.1 Å². The van der Waals surface area contributed by atoms with Crippen LogP contribution in [0.1, 0.15) is 51.9 Å². The summed E-state index contributed by atoms with van der Waals surface area (Å²) in [6, 6.07) is 0.232. The molecule has 2 fully saturated rings. The number of hydrogen-bond acceptors (Lipinski definition) is 3. The summed E-state index contributed by atoms with van der Waals surface area (Å²) >= 11 is 0. The molecule has 1 aliphatic carbocycles. The maximum absolute atomic E-state index is 12.2. The Kier molecular flexibility index (Phi) is 5.64. The third-order valence-electron chi connectivity index (χ3n) is 4.55. The fourth-order valence-electron chi connectivity index (χ4n) is 3.38. The number of ether oxygens (including phenoxy) is 1. The molecule has 0 bridgehead atoms. The van der Waals surface area contributed by atoms with Crippen molar-refractivity contribution < 1.29 is 9.53 Å². The summed E-state index contributed by atoms with van der Waals surface area (Å²) in [5.74, 6) is 0.869. The van der Waals surface area contributed by atoms with Crippen LogP contribution < -0.4 is 5.73 Å². The van der Waals surface area contributed by atoms with E-state index in [1.807, 2.05) is 4.90 Å². The summed E-state index contributed by atoms with van der Waals surface area (Å²) in [7, 11) is 0. The van der Waals surface area contributed by atoms with Crippen LogP contribution >= 0.6 is 0 Å². The molecule has 0 aromatic heterocycles. The summed E-state index contributed by atoms with van der Waals surface area (Å²) < 4.78 is 5.83. The van der Waals surface area contributed by atoms with Gasteiger partial charge in [-0.3, -0.25) is 4.79 Å². The summed E-state index contributed by atoms with van der Waals surface area (Å²) in [4.78, 5) is 14.2. The van der Waals surface area contributed by atoms with Gasteiger partial charge in [0.05, 0.1) is 6.10 Å². The maximum atomic E-state index is 12.2. The largest absolute Gasteiger partial charge is 0.368 e. The molecule has 0 unspecified atom stereocenters. The molecular weight excluding hydrogens is 240 g/mol. The highest BCUT2D eigenvalue weighted by Gasteiger charge is 2.27. The molecule has 110 valence electrons. The third-order valence-corrected chi connectivity index (χ3v) is 4.55. The maximum Gasteiger partial charge on any atom is 0.248 e. The van der Waals surface area contributed by atoms with E-state index in [2.05, 4.69) is 6.92 Å². The quantitative estimate of drug-likeness (QED) is 0.847. The molecular formula is C15H28N2O2. The molecule has 1 saturated carbocycles. The van der Waals surface area contributed by atoms with Crippen LogP contribution in [0.25, 0.3) is 0 Å². The van der Waals surface area contributed by atoms with Crippen LogP contribution in [0.4, 0.5) is 0 Å². The Hall–Kier alpha value is -0.610. The van der Waals surface area contributed by atoms with Gasteiger partial charge in [-0.25, -0.2) is 0 Å². The first kappa shape index (κ1) is 14.8. The second-order valence-electron chi connectivity index (χ2n) is 6.18. The van der Waals surface area contributed by atoms with Crippen LogP contribution in [0, 0.1) is 5.92 Å². The van der Waals surface area contributed by atoms with Crippen molar-refractivity contribution in [3.8, 4) is 0 Å². The van der Waals surface area contributed by atoms with Gasteiger partial charge in [0.1, 0.15) is 6.61 Å². The van der Waals surface area contributed by atoms with Gasteiger partial charge in [-0.2, -0.15) is 0 Å². The fourth-order valence-corrected chi connectivity index (χ4v) is 3.38. The molecule has 19 heavy (non-hydrogen) atoms. The van der Waals surface area contributed by atoms with Crippen molar-refractivity contribution in [2.45, 2.75) is 64.0 Å². The van der Waals surface area contributed by atoms with Crippen molar-refractivity contribution in [3.05, 3.63) is 0 Å². The highest BCUT2D eigenvalue weighted by Crippen LogP contribution is 2.26. The smallest absolute Gasteiger partial charge is 0.248 e. The molecule has 0 spiro atoms. The number of nitrogens with two attached hydrogens (primary N) is 1. The van der Waals surface area contributed by atoms with Gasteiger partial charge in [-0.1, -0.05) is 19.8 Å². The SMILES string of the molecule is C[C@@H]1CCC[C@@H](OCC(=O)N2CCCC[C@H]2CN)C1. The molecule has 0 aromatic rings. The molecule has 1 saturated heterocycles. The van der Waals surface area contributed by atoms with E-state index in [0.29, 0.717) is 6.54 Å². The molecule has 0 aromatic carbocycles. The van der Waals surface area contributed by atoms with E-state index in [0.717, 1.165) is 38.1 Å². The van der Waals surface area contributed by atoms with E-state index in [-0.39, 0.29) is 24.7 Å². The van der Waals surface area contributed by atoms with Gasteiger partial charge >= 0.3 is 0 Å². The lowest BCUT2D eigenvalue weighted by Gasteiger charge is -2.35. The molecule has 0 radical (unpaired) electrons. The summed E-state index contributed by atoms with van der Waals surface area (Å²) in [6.45, 7) is 3.94. The molecule has 1 heterocycles. The molecule has 4 heteroatoms. The van der Waals surface area contributed by atoms with Crippen molar-refractivity contribution in [2.24, 2.45) is 11.7 Å². The summed E-state index contributed by atoms with van der Waals surface area (Å²) in [6.07, 6.45) is 8.36. The molecule has 3 atom stereocenters. The zero-order chi connectivity index (χ0) is 13.7. The highest BCUT2D eigenvalue weighted by molar-refractivity contribution is 5.78. The lowest BCUT2D eigenvalue weighted by atomic mass is 9.89. The van der Waals surface area contributed by atoms with E-state index >= 15 is 0 Å². The Bertz CT molecular complexity index is 296. The number of rotatable bonds is 4. The highest BCUT2D eigenvalue weighted by atomic mass is 16.5. The van der Waals surface area contributed by atoms with Gasteiger partial charge < -0.3 is 15.4 Å². The fraction of sp³-hybridized carbons (Fsp3) is 0.933. The first-order valence-corrected chi connectivity index (χ1v) is 7.82. The molecule has 4 nitrogen and oxygen atoms in total. The number of amides is 1. The number of carbonyl (C=O) groups is 1. The van der Waals surface area contributed by atoms with E-state index in [1.54, 1.807) is 0 Å². The van der Waals surface area contributed by atoms with Gasteiger partial charge in [0.2, 0.25) is 5.91 Å². The average Bonchev–Trinajstić information content (AvgIpc) is 2.45. The van der Waals surface area contributed by atoms with Crippen LogP contribution in [0.3, 0.4) is 0 Å². The first-order chi connectivity index (χ1) is 9.20. The minimum atomic E-state index is 0.133. The van der Waals surface area contributed by atoms with Crippen LogP contribution in [0.15, 0.2) is 0 Å². The molecule has 1 aliphatic heterocycles. The van der Waals surface area contributed by atoms with Gasteiger partial charge in [0.25, 0.3) is 0 Å². The Labute approximate surface area is 116 Å². The van der Waals surface area contributed by atoms with Crippen molar-refractivity contribution in [2.75, 3.05) is 19.7 Å². The first-order valence-electron chi connectivity index (χ1n) is 7.82. The van der Waals surface area contributed by atoms with E-state index < -0.39 is 0 Å². The van der Waals surface area contributed by atoms with Crippen molar-refractivity contribution in [1.82, 2.24) is 4.90 Å². The predicted octanol–water partition coefficient (Wildman–Crippen LogP) is 1.92. The number of hydrogen-bond donors (Lipinski definition) is 1. The lowest BCUT2D eigenvalue weighted by molar-refractivity contribution is -0.142. The topological polar surface area (TPSA) is 55.6 Å². The molecule has 2 aliphatic rings. The minimum Gasteiger partial charge on any atom is -0.368 e. The Morgan fingerprint density at radius 3 is 2.84 bits per heavy atom. The molecule has 2 N–H and O–H groups in total. The summed E-state index contributed by atoms with van der Waals surface area (Å²) in [5, 5.41) is 0. The van der Waals surface area contributed by atoms with Crippen molar-refractivity contribution in [3.63, 3.8) is 0 Å². The van der Waals surface area contributed by atoms with Gasteiger partial charge in [-0.15, -0.1) is 0 Å². The van der Waals surface area contributed by atoms with Crippen molar-refractivity contribution >= 4 is 5.91 Å². The van der Waals surface area contributed by atoms with E-state index in [1.165, 1.54) is 19.3 Å². The lowest BCUT2D eigenvalue weighted by Crippen LogP contribution is -2.49. The zero-order valence-corrected chi connectivity index (χ0v) is 12.1. The third kappa shape index (κ3) is 4.18. The van der Waals surface area contributed by atoms with Crippen LogP contribution in [0.2, 0.25) is 0 Å². The van der Waals surface area contributed by atoms with Crippen LogP contribution in [-0.2, 0) is 9.53 Å². The number of piperidine rings is 1. The predicted molar refractivity (Wildman–Crippen MR) is 75.8 cm³/mol. The standard InChI is InChI=1S/C15H28N2O2/c1-12-5-4-7-14(9-12)19-11-15(18)17-8-3-2-6-13(17)10-16/h12-14H,2-11,16H2,1H3/t12-,13+,14-/m1/s1. The Morgan fingerprint density at radius 2 is 2.11 bits per heavy atom. The number of nitrogens with zero attached hydrogens (tertiary/aromatic N) is 1. The Balaban J connectivity index is 1.76. The number of carbonyl (C=O) groups excluding carboxylic acids is 1.